The van der Waals surface area contributed by atoms with E-state index in [1.807, 2.05) is 25.9 Å². The van der Waals surface area contributed by atoms with Gasteiger partial charge in [0.1, 0.15) is 0 Å². The van der Waals surface area contributed by atoms with Crippen molar-refractivity contribution >= 4 is 5.91 Å². The summed E-state index contributed by atoms with van der Waals surface area (Å²) in [6.45, 7) is 3.31. The van der Waals surface area contributed by atoms with Crippen molar-refractivity contribution in [1.82, 2.24) is 10.2 Å². The van der Waals surface area contributed by atoms with Gasteiger partial charge in [-0.05, 0) is 20.5 Å². The second kappa shape index (κ2) is 5.23. The van der Waals surface area contributed by atoms with Crippen LogP contribution in [0.3, 0.4) is 0 Å². The summed E-state index contributed by atoms with van der Waals surface area (Å²) in [6, 6.07) is 0. The highest BCUT2D eigenvalue weighted by Gasteiger charge is 1.99. The summed E-state index contributed by atoms with van der Waals surface area (Å²) < 4.78 is 0. The first-order chi connectivity index (χ1) is 4.66. The monoisotopic (exact) mass is 144 g/mol. The highest BCUT2D eigenvalue weighted by Crippen LogP contribution is 1.75. The molecule has 0 unspecified atom stereocenters. The topological polar surface area (TPSA) is 32.3 Å². The van der Waals surface area contributed by atoms with Gasteiger partial charge < -0.3 is 10.2 Å². The summed E-state index contributed by atoms with van der Waals surface area (Å²) in [5, 5.41) is 2.78. The van der Waals surface area contributed by atoms with Crippen LogP contribution in [-0.2, 0) is 4.79 Å². The number of rotatable bonds is 4. The maximum atomic E-state index is 10.9. The molecule has 0 aromatic heterocycles. The highest BCUT2D eigenvalue weighted by atomic mass is 16.1. The quantitative estimate of drug-likeness (QED) is 0.605. The summed E-state index contributed by atoms with van der Waals surface area (Å²) in [4.78, 5) is 12.7. The second-order valence-electron chi connectivity index (χ2n) is 2.59. The lowest BCUT2D eigenvalue weighted by Gasteiger charge is -2.08. The Hall–Kier alpha value is -0.570. The zero-order valence-electron chi connectivity index (χ0n) is 6.98. The molecule has 0 aliphatic rings. The van der Waals surface area contributed by atoms with E-state index in [0.29, 0.717) is 6.54 Å². The molecule has 0 rings (SSSR count). The number of nitrogens with zero attached hydrogens (tertiary/aromatic N) is 1. The maximum Gasteiger partial charge on any atom is 0.234 e. The Morgan fingerprint density at radius 3 is 2.50 bits per heavy atom. The van der Waals surface area contributed by atoms with Crippen LogP contribution in [0.25, 0.3) is 0 Å². The standard InChI is InChI=1S/C7H16N2O/c1-4-5-8-7(10)6-9(2)3/h4-6H2,1-3H3,(H,8,10). The van der Waals surface area contributed by atoms with Crippen LogP contribution in [0.1, 0.15) is 13.3 Å². The van der Waals surface area contributed by atoms with Crippen LogP contribution in [0.2, 0.25) is 0 Å². The van der Waals surface area contributed by atoms with E-state index in [2.05, 4.69) is 5.32 Å². The second-order valence-corrected chi connectivity index (χ2v) is 2.59. The molecule has 60 valence electrons. The van der Waals surface area contributed by atoms with E-state index in [4.69, 9.17) is 0 Å². The van der Waals surface area contributed by atoms with Gasteiger partial charge in [-0.25, -0.2) is 0 Å². The Morgan fingerprint density at radius 1 is 1.50 bits per heavy atom. The first-order valence-electron chi connectivity index (χ1n) is 3.58. The number of likely N-dealkylation sites (N-methyl/N-ethyl adjacent to an activating group) is 1. The van der Waals surface area contributed by atoms with Crippen molar-refractivity contribution in [2.45, 2.75) is 13.3 Å². The van der Waals surface area contributed by atoms with E-state index in [0.717, 1.165) is 13.0 Å². The molecule has 1 amide bonds. The third kappa shape index (κ3) is 5.56. The molecule has 0 heterocycles. The summed E-state index contributed by atoms with van der Waals surface area (Å²) in [5.41, 5.74) is 0. The largest absolute Gasteiger partial charge is 0.355 e. The van der Waals surface area contributed by atoms with Crippen LogP contribution in [0.5, 0.6) is 0 Å². The molecule has 0 bridgehead atoms. The van der Waals surface area contributed by atoms with Crippen molar-refractivity contribution in [3.05, 3.63) is 0 Å². The molecule has 1 N–H and O–H groups in total. The molecule has 0 aliphatic carbocycles. The molecule has 10 heavy (non-hydrogen) atoms. The molecule has 0 aromatic rings. The van der Waals surface area contributed by atoms with E-state index >= 15 is 0 Å². The van der Waals surface area contributed by atoms with Gasteiger partial charge in [0.15, 0.2) is 0 Å². The number of amides is 1. The van der Waals surface area contributed by atoms with E-state index < -0.39 is 0 Å². The van der Waals surface area contributed by atoms with E-state index in [1.54, 1.807) is 0 Å². The number of carbonyl (C=O) groups excluding carboxylic acids is 1. The van der Waals surface area contributed by atoms with Gasteiger partial charge >= 0.3 is 0 Å². The molecular formula is C7H16N2O. The van der Waals surface area contributed by atoms with Gasteiger partial charge in [0.25, 0.3) is 0 Å². The van der Waals surface area contributed by atoms with Crippen LogP contribution in [0.4, 0.5) is 0 Å². The lowest BCUT2D eigenvalue weighted by molar-refractivity contribution is -0.121. The molecule has 0 spiro atoms. The molecule has 0 atom stereocenters. The Kier molecular flexibility index (Phi) is 4.94. The Morgan fingerprint density at radius 2 is 2.10 bits per heavy atom. The molecule has 0 aromatic carbocycles. The van der Waals surface area contributed by atoms with Crippen LogP contribution in [-0.4, -0.2) is 38.0 Å². The van der Waals surface area contributed by atoms with Gasteiger partial charge in [-0.2, -0.15) is 0 Å². The number of carbonyl (C=O) groups is 1. The van der Waals surface area contributed by atoms with Crippen molar-refractivity contribution in [2.75, 3.05) is 27.2 Å². The van der Waals surface area contributed by atoms with Crippen LogP contribution >= 0.6 is 0 Å². The summed E-state index contributed by atoms with van der Waals surface area (Å²) in [5.74, 6) is 0.104. The molecule has 3 nitrogen and oxygen atoms in total. The van der Waals surface area contributed by atoms with Gasteiger partial charge in [-0.15, -0.1) is 0 Å². The first kappa shape index (κ1) is 9.43. The summed E-state index contributed by atoms with van der Waals surface area (Å²) in [6.07, 6.45) is 0.999. The number of hydrogen-bond donors (Lipinski definition) is 1. The molecule has 0 fully saturated rings. The lowest BCUT2D eigenvalue weighted by Crippen LogP contribution is -2.33. The van der Waals surface area contributed by atoms with Crippen LogP contribution in [0, 0.1) is 0 Å². The molecule has 0 radical (unpaired) electrons. The lowest BCUT2D eigenvalue weighted by atomic mass is 10.4. The van der Waals surface area contributed by atoms with Crippen LogP contribution < -0.4 is 5.32 Å². The average Bonchev–Trinajstić information content (AvgIpc) is 1.82. The van der Waals surface area contributed by atoms with Gasteiger partial charge in [-0.1, -0.05) is 6.92 Å². The number of nitrogens with one attached hydrogen (secondary N) is 1. The summed E-state index contributed by atoms with van der Waals surface area (Å²) in [7, 11) is 3.76. The fourth-order valence-electron chi connectivity index (χ4n) is 0.608. The van der Waals surface area contributed by atoms with E-state index in [9.17, 15) is 4.79 Å². The van der Waals surface area contributed by atoms with Crippen molar-refractivity contribution < 1.29 is 4.79 Å². The van der Waals surface area contributed by atoms with Crippen molar-refractivity contribution in [3.8, 4) is 0 Å². The fraction of sp³-hybridized carbons (Fsp3) is 0.857. The Labute approximate surface area is 62.4 Å². The maximum absolute atomic E-state index is 10.9. The fourth-order valence-corrected chi connectivity index (χ4v) is 0.608. The van der Waals surface area contributed by atoms with Gasteiger partial charge in [0, 0.05) is 6.54 Å². The van der Waals surface area contributed by atoms with E-state index in [-0.39, 0.29) is 5.91 Å². The Bertz CT molecular complexity index is 102. The first-order valence-corrected chi connectivity index (χ1v) is 3.58. The minimum atomic E-state index is 0.104. The molecule has 0 saturated heterocycles. The highest BCUT2D eigenvalue weighted by molar-refractivity contribution is 5.77. The Balaban J connectivity index is 3.26. The average molecular weight is 144 g/mol. The minimum absolute atomic E-state index is 0.104. The van der Waals surface area contributed by atoms with E-state index in [1.165, 1.54) is 0 Å². The molecule has 3 heteroatoms. The normalized spacial score (nSPS) is 10.0. The minimum Gasteiger partial charge on any atom is -0.355 e. The molecule has 0 saturated carbocycles. The van der Waals surface area contributed by atoms with Gasteiger partial charge in [-0.3, -0.25) is 4.79 Å². The number of hydrogen-bond acceptors (Lipinski definition) is 2. The van der Waals surface area contributed by atoms with Gasteiger partial charge in [0.05, 0.1) is 6.54 Å². The third-order valence-electron chi connectivity index (χ3n) is 1.03. The zero-order valence-corrected chi connectivity index (χ0v) is 6.98. The van der Waals surface area contributed by atoms with Crippen molar-refractivity contribution in [2.24, 2.45) is 0 Å². The molecular weight excluding hydrogens is 128 g/mol. The predicted octanol–water partition coefficient (Wildman–Crippen LogP) is 0.0742. The summed E-state index contributed by atoms with van der Waals surface area (Å²) >= 11 is 0. The third-order valence-corrected chi connectivity index (χ3v) is 1.03. The van der Waals surface area contributed by atoms with Crippen LogP contribution in [0.15, 0.2) is 0 Å². The zero-order chi connectivity index (χ0) is 7.98. The van der Waals surface area contributed by atoms with Crippen molar-refractivity contribution in [1.29, 1.82) is 0 Å². The molecule has 0 aliphatic heterocycles. The van der Waals surface area contributed by atoms with Crippen molar-refractivity contribution in [3.63, 3.8) is 0 Å². The van der Waals surface area contributed by atoms with Gasteiger partial charge in [0.2, 0.25) is 5.91 Å². The smallest absolute Gasteiger partial charge is 0.234 e. The predicted molar refractivity (Wildman–Crippen MR) is 41.9 cm³/mol. The SMILES string of the molecule is CCCNC(=O)CN(C)C.